The highest BCUT2D eigenvalue weighted by Gasteiger charge is 2.32. The van der Waals surface area contributed by atoms with Gasteiger partial charge in [0.05, 0.1) is 36.4 Å². The number of hydrogen-bond acceptors (Lipinski definition) is 6. The number of ketones is 2. The minimum atomic E-state index is -0.563. The highest BCUT2D eigenvalue weighted by atomic mass is 32.2. The van der Waals surface area contributed by atoms with Gasteiger partial charge in [-0.3, -0.25) is 9.59 Å². The second-order valence-corrected chi connectivity index (χ2v) is 5.64. The summed E-state index contributed by atoms with van der Waals surface area (Å²) in [6.45, 7) is 1.63. The molecular formula is C15H16O5S. The Kier molecular flexibility index (Phi) is 4.69. The molecule has 2 rings (SSSR count). The largest absolute Gasteiger partial charge is 0.496 e. The van der Waals surface area contributed by atoms with Crippen molar-refractivity contribution in [1.29, 1.82) is 0 Å². The van der Waals surface area contributed by atoms with E-state index in [9.17, 15) is 14.7 Å². The van der Waals surface area contributed by atoms with Crippen LogP contribution in [0.25, 0.3) is 0 Å². The number of thioether (sulfide) groups is 1. The first-order chi connectivity index (χ1) is 9.99. The Labute approximate surface area is 126 Å². The Morgan fingerprint density at radius 3 is 2.24 bits per heavy atom. The van der Waals surface area contributed by atoms with Crippen LogP contribution in [0.4, 0.5) is 0 Å². The number of rotatable bonds is 5. The number of aliphatic hydroxyl groups excluding tert-OH is 1. The summed E-state index contributed by atoms with van der Waals surface area (Å²) >= 11 is 1.16. The standard InChI is InChI=1S/C15H16O5S/c1-8(16)7-21-12-6-9(17)13-10(19-2)4-5-11(20-3)14(13)15(12)18/h4-6,8,16H,7H2,1-3H3. The monoisotopic (exact) mass is 308 g/mol. The first kappa shape index (κ1) is 15.6. The molecule has 0 amide bonds. The van der Waals surface area contributed by atoms with E-state index in [2.05, 4.69) is 0 Å². The van der Waals surface area contributed by atoms with Crippen molar-refractivity contribution in [3.05, 3.63) is 34.2 Å². The molecule has 5 nitrogen and oxygen atoms in total. The molecule has 0 aliphatic heterocycles. The predicted octanol–water partition coefficient (Wildman–Crippen LogP) is 2.08. The van der Waals surface area contributed by atoms with Gasteiger partial charge in [-0.05, 0) is 19.1 Å². The predicted molar refractivity (Wildman–Crippen MR) is 80.4 cm³/mol. The van der Waals surface area contributed by atoms with Crippen LogP contribution >= 0.6 is 11.8 Å². The van der Waals surface area contributed by atoms with Gasteiger partial charge < -0.3 is 14.6 Å². The van der Waals surface area contributed by atoms with E-state index < -0.39 is 6.10 Å². The summed E-state index contributed by atoms with van der Waals surface area (Å²) in [6, 6.07) is 3.20. The molecule has 0 fully saturated rings. The molecule has 21 heavy (non-hydrogen) atoms. The molecule has 1 atom stereocenters. The number of allylic oxidation sites excluding steroid dienone is 2. The average Bonchev–Trinajstić information content (AvgIpc) is 2.47. The molecule has 0 radical (unpaired) electrons. The lowest BCUT2D eigenvalue weighted by Gasteiger charge is -2.19. The van der Waals surface area contributed by atoms with Gasteiger partial charge in [0.1, 0.15) is 11.5 Å². The van der Waals surface area contributed by atoms with E-state index >= 15 is 0 Å². The molecular weight excluding hydrogens is 292 g/mol. The van der Waals surface area contributed by atoms with Crippen LogP contribution in [0.3, 0.4) is 0 Å². The van der Waals surface area contributed by atoms with E-state index in [0.717, 1.165) is 11.8 Å². The van der Waals surface area contributed by atoms with E-state index in [-0.39, 0.29) is 22.7 Å². The van der Waals surface area contributed by atoms with Crippen molar-refractivity contribution in [2.45, 2.75) is 13.0 Å². The van der Waals surface area contributed by atoms with Crippen molar-refractivity contribution in [1.82, 2.24) is 0 Å². The van der Waals surface area contributed by atoms with Crippen LogP contribution in [-0.4, -0.2) is 42.7 Å². The summed E-state index contributed by atoms with van der Waals surface area (Å²) in [7, 11) is 2.89. The van der Waals surface area contributed by atoms with E-state index in [1.54, 1.807) is 19.1 Å². The molecule has 0 heterocycles. The molecule has 1 aromatic rings. The van der Waals surface area contributed by atoms with E-state index in [1.807, 2.05) is 0 Å². The van der Waals surface area contributed by atoms with Crippen LogP contribution in [0.5, 0.6) is 11.5 Å². The van der Waals surface area contributed by atoms with Gasteiger partial charge in [0.2, 0.25) is 5.78 Å². The lowest BCUT2D eigenvalue weighted by Crippen LogP contribution is -2.19. The van der Waals surface area contributed by atoms with Crippen LogP contribution in [0, 0.1) is 0 Å². The van der Waals surface area contributed by atoms with Crippen molar-refractivity contribution < 1.29 is 24.2 Å². The number of benzene rings is 1. The van der Waals surface area contributed by atoms with Gasteiger partial charge in [0.15, 0.2) is 5.78 Å². The average molecular weight is 308 g/mol. The molecule has 0 bridgehead atoms. The first-order valence-electron chi connectivity index (χ1n) is 6.36. The van der Waals surface area contributed by atoms with Gasteiger partial charge in [-0.2, -0.15) is 0 Å². The summed E-state index contributed by atoms with van der Waals surface area (Å²) in [6.07, 6.45) is 0.729. The minimum absolute atomic E-state index is 0.220. The summed E-state index contributed by atoms with van der Waals surface area (Å²) in [5.41, 5.74) is 0.445. The van der Waals surface area contributed by atoms with Gasteiger partial charge in [-0.1, -0.05) is 0 Å². The molecule has 6 heteroatoms. The third-order valence-electron chi connectivity index (χ3n) is 3.01. The van der Waals surface area contributed by atoms with Crippen molar-refractivity contribution in [3.8, 4) is 11.5 Å². The van der Waals surface area contributed by atoms with Crippen molar-refractivity contribution in [3.63, 3.8) is 0 Å². The Balaban J connectivity index is 2.50. The molecule has 112 valence electrons. The van der Waals surface area contributed by atoms with Crippen molar-refractivity contribution >= 4 is 23.3 Å². The highest BCUT2D eigenvalue weighted by molar-refractivity contribution is 8.04. The fourth-order valence-electron chi connectivity index (χ4n) is 2.07. The maximum atomic E-state index is 12.6. The molecule has 1 aromatic carbocycles. The van der Waals surface area contributed by atoms with Gasteiger partial charge in [0.25, 0.3) is 0 Å². The summed E-state index contributed by atoms with van der Waals surface area (Å²) < 4.78 is 10.3. The number of ether oxygens (including phenoxy) is 2. The van der Waals surface area contributed by atoms with Crippen molar-refractivity contribution in [2.75, 3.05) is 20.0 Å². The lowest BCUT2D eigenvalue weighted by molar-refractivity contribution is 0.0986. The Morgan fingerprint density at radius 2 is 1.71 bits per heavy atom. The number of fused-ring (bicyclic) bond motifs is 1. The molecule has 1 aliphatic carbocycles. The van der Waals surface area contributed by atoms with Crippen LogP contribution in [0.15, 0.2) is 23.1 Å². The van der Waals surface area contributed by atoms with Gasteiger partial charge >= 0.3 is 0 Å². The number of carbonyl (C=O) groups is 2. The second-order valence-electron chi connectivity index (χ2n) is 4.58. The third kappa shape index (κ3) is 2.96. The second kappa shape index (κ2) is 6.32. The normalized spacial score (nSPS) is 15.3. The fraction of sp³-hybridized carbons (Fsp3) is 0.333. The van der Waals surface area contributed by atoms with Crippen LogP contribution in [0.1, 0.15) is 27.6 Å². The van der Waals surface area contributed by atoms with Gasteiger partial charge in [0, 0.05) is 11.8 Å². The Bertz CT molecular complexity index is 619. The first-order valence-corrected chi connectivity index (χ1v) is 7.34. The summed E-state index contributed by atoms with van der Waals surface area (Å²) in [4.78, 5) is 25.2. The van der Waals surface area contributed by atoms with E-state index in [0.29, 0.717) is 22.2 Å². The molecule has 0 saturated heterocycles. The van der Waals surface area contributed by atoms with E-state index in [1.165, 1.54) is 20.3 Å². The number of carbonyl (C=O) groups excluding carboxylic acids is 2. The lowest BCUT2D eigenvalue weighted by atomic mass is 9.93. The van der Waals surface area contributed by atoms with Crippen LogP contribution in [-0.2, 0) is 0 Å². The van der Waals surface area contributed by atoms with Crippen LogP contribution < -0.4 is 9.47 Å². The topological polar surface area (TPSA) is 72.8 Å². The number of aliphatic hydroxyl groups is 1. The Hall–Kier alpha value is -1.79. The smallest absolute Gasteiger partial charge is 0.204 e. The van der Waals surface area contributed by atoms with Crippen molar-refractivity contribution in [2.24, 2.45) is 0 Å². The maximum Gasteiger partial charge on any atom is 0.204 e. The zero-order valence-electron chi connectivity index (χ0n) is 12.0. The van der Waals surface area contributed by atoms with Gasteiger partial charge in [-0.25, -0.2) is 0 Å². The van der Waals surface area contributed by atoms with Gasteiger partial charge in [-0.15, -0.1) is 11.8 Å². The zero-order valence-corrected chi connectivity index (χ0v) is 12.8. The maximum absolute atomic E-state index is 12.6. The minimum Gasteiger partial charge on any atom is -0.496 e. The SMILES string of the molecule is COc1ccc(OC)c2c1C(=O)C=C(SCC(C)O)C2=O. The zero-order chi connectivity index (χ0) is 15.6. The fourth-order valence-corrected chi connectivity index (χ4v) is 2.92. The summed E-state index contributed by atoms with van der Waals surface area (Å²) in [5.74, 6) is 0.443. The quantitative estimate of drug-likeness (QED) is 0.898. The van der Waals surface area contributed by atoms with E-state index in [4.69, 9.17) is 9.47 Å². The molecule has 1 unspecified atom stereocenters. The molecule has 1 aliphatic rings. The molecule has 0 saturated carbocycles. The Morgan fingerprint density at radius 1 is 1.14 bits per heavy atom. The van der Waals surface area contributed by atoms with Crippen LogP contribution in [0.2, 0.25) is 0 Å². The molecule has 0 aromatic heterocycles. The number of methoxy groups -OCH3 is 2. The number of hydrogen-bond donors (Lipinski definition) is 1. The summed E-state index contributed by atoms with van der Waals surface area (Å²) in [5, 5.41) is 9.32. The number of Topliss-reactive ketones (excluding diaryl/α,β-unsaturated/α-hetero) is 1. The molecule has 1 N–H and O–H groups in total. The third-order valence-corrected chi connectivity index (χ3v) is 4.27. The molecule has 0 spiro atoms. The highest BCUT2D eigenvalue weighted by Crippen LogP contribution is 2.38.